The standard InChI is InChI=1S/C72H57NO2/c1-40-22-25-43(26-23-40)47-16-10-13-19-61(47)73(45-28-31-49-57(36-45)72(8,9)60-38-53(46-29-24-41(2)34-42(46)3)69-68(65(49)60)51-18-12-15-21-63(51)75-69)44-27-30-48-52-37-59-54(39-58(52)71(6,7)56(48)35-44)66-55(70(59,4)5)32-33-64-67(66)50-17-11-14-20-62(50)74-64/h10-39H,1-9H3. The summed E-state index contributed by atoms with van der Waals surface area (Å²) >= 11 is 0. The lowest BCUT2D eigenvalue weighted by Gasteiger charge is -2.31. The molecule has 3 heteroatoms. The van der Waals surface area contributed by atoms with Crippen LogP contribution in [0.1, 0.15) is 91.6 Å². The van der Waals surface area contributed by atoms with Gasteiger partial charge in [0.05, 0.1) is 5.69 Å². The fourth-order valence-electron chi connectivity index (χ4n) is 14.0. The highest BCUT2D eigenvalue weighted by Gasteiger charge is 2.44. The van der Waals surface area contributed by atoms with E-state index in [0.29, 0.717) is 0 Å². The van der Waals surface area contributed by atoms with Gasteiger partial charge in [0.1, 0.15) is 22.3 Å². The molecule has 2 aromatic heterocycles. The summed E-state index contributed by atoms with van der Waals surface area (Å²) in [5.41, 5.74) is 30.7. The fourth-order valence-corrected chi connectivity index (χ4v) is 14.0. The molecule has 0 radical (unpaired) electrons. The predicted molar refractivity (Wildman–Crippen MR) is 313 cm³/mol. The predicted octanol–water partition coefficient (Wildman–Crippen LogP) is 20.1. The third-order valence-electron chi connectivity index (χ3n) is 17.9. The van der Waals surface area contributed by atoms with Crippen LogP contribution in [0, 0.1) is 20.8 Å². The maximum Gasteiger partial charge on any atom is 0.143 e. The first kappa shape index (κ1) is 44.1. The summed E-state index contributed by atoms with van der Waals surface area (Å²) in [5.74, 6) is 0. The molecule has 3 aliphatic carbocycles. The van der Waals surface area contributed by atoms with Crippen molar-refractivity contribution in [1.29, 1.82) is 0 Å². The molecular weight excluding hydrogens is 911 g/mol. The van der Waals surface area contributed by atoms with Gasteiger partial charge in [-0.3, -0.25) is 0 Å². The molecular formula is C72H57NO2. The van der Waals surface area contributed by atoms with Crippen LogP contribution in [0.3, 0.4) is 0 Å². The summed E-state index contributed by atoms with van der Waals surface area (Å²) in [5, 5.41) is 4.74. The second kappa shape index (κ2) is 15.1. The van der Waals surface area contributed by atoms with Gasteiger partial charge in [0.25, 0.3) is 0 Å². The van der Waals surface area contributed by atoms with E-state index in [9.17, 15) is 0 Å². The molecule has 3 aliphatic rings. The van der Waals surface area contributed by atoms with Gasteiger partial charge in [-0.25, -0.2) is 0 Å². The molecule has 362 valence electrons. The molecule has 0 amide bonds. The first-order chi connectivity index (χ1) is 36.2. The maximum atomic E-state index is 6.91. The van der Waals surface area contributed by atoms with E-state index in [1.807, 2.05) is 0 Å². The zero-order valence-corrected chi connectivity index (χ0v) is 44.1. The Kier molecular flexibility index (Phi) is 8.89. The Bertz CT molecular complexity index is 4470. The minimum atomic E-state index is -0.328. The lowest BCUT2D eigenvalue weighted by Crippen LogP contribution is -2.18. The number of aryl methyl sites for hydroxylation is 3. The average molecular weight is 968 g/mol. The molecule has 0 N–H and O–H groups in total. The van der Waals surface area contributed by atoms with Crippen molar-refractivity contribution in [2.45, 2.75) is 78.6 Å². The smallest absolute Gasteiger partial charge is 0.143 e. The van der Waals surface area contributed by atoms with Gasteiger partial charge in [-0.05, 0) is 171 Å². The summed E-state index contributed by atoms with van der Waals surface area (Å²) in [6.07, 6.45) is 0. The highest BCUT2D eigenvalue weighted by atomic mass is 16.3. The topological polar surface area (TPSA) is 29.5 Å². The molecule has 0 saturated carbocycles. The molecule has 0 bridgehead atoms. The first-order valence-corrected chi connectivity index (χ1v) is 26.6. The van der Waals surface area contributed by atoms with Crippen LogP contribution >= 0.6 is 0 Å². The van der Waals surface area contributed by atoms with Crippen LogP contribution in [0.4, 0.5) is 17.1 Å². The number of hydrogen-bond donors (Lipinski definition) is 0. The number of fused-ring (bicyclic) bond motifs is 17. The van der Waals surface area contributed by atoms with Crippen LogP contribution in [0.25, 0.3) is 99.5 Å². The number of benzene rings is 10. The normalized spacial score (nSPS) is 15.1. The SMILES string of the molecule is Cc1ccc(-c2ccccc2N(c2ccc3c(c2)C(C)(C)c2cc4c(cc2-3)C(C)(C)c2ccc3oc5ccccc5c3c2-4)c2ccc3c(c2)C(C)(C)c2cc(-c4ccc(C)cc4C)c4oc5ccccc5c4c2-3)cc1. The van der Waals surface area contributed by atoms with Crippen molar-refractivity contribution in [3.05, 3.63) is 232 Å². The summed E-state index contributed by atoms with van der Waals surface area (Å²) < 4.78 is 13.4. The van der Waals surface area contributed by atoms with Gasteiger partial charge in [-0.1, -0.05) is 168 Å². The van der Waals surface area contributed by atoms with Crippen LogP contribution in [0.15, 0.2) is 191 Å². The van der Waals surface area contributed by atoms with Crippen LogP contribution < -0.4 is 4.90 Å². The highest BCUT2D eigenvalue weighted by molar-refractivity contribution is 6.19. The maximum absolute atomic E-state index is 6.91. The van der Waals surface area contributed by atoms with Crippen molar-refractivity contribution in [2.75, 3.05) is 4.90 Å². The van der Waals surface area contributed by atoms with E-state index >= 15 is 0 Å². The van der Waals surface area contributed by atoms with Gasteiger partial charge >= 0.3 is 0 Å². The Morgan fingerprint density at radius 1 is 0.347 bits per heavy atom. The summed E-state index contributed by atoms with van der Waals surface area (Å²) in [6.45, 7) is 21.0. The Labute approximate surface area is 438 Å². The lowest BCUT2D eigenvalue weighted by molar-refractivity contribution is 0.651. The fraction of sp³-hybridized carbons (Fsp3) is 0.167. The molecule has 2 heterocycles. The molecule has 3 nitrogen and oxygen atoms in total. The number of para-hydroxylation sites is 3. The highest BCUT2D eigenvalue weighted by Crippen LogP contribution is 2.60. The Hall–Kier alpha value is -8.40. The van der Waals surface area contributed by atoms with Crippen LogP contribution in [0.2, 0.25) is 0 Å². The van der Waals surface area contributed by atoms with Gasteiger partial charge in [-0.15, -0.1) is 0 Å². The van der Waals surface area contributed by atoms with Gasteiger partial charge in [0.2, 0.25) is 0 Å². The van der Waals surface area contributed by atoms with Crippen molar-refractivity contribution >= 4 is 60.9 Å². The molecule has 0 spiro atoms. The van der Waals surface area contributed by atoms with Crippen molar-refractivity contribution in [1.82, 2.24) is 0 Å². The second-order valence-corrected chi connectivity index (χ2v) is 23.4. The number of nitrogens with zero attached hydrogens (tertiary/aromatic N) is 1. The molecule has 0 unspecified atom stereocenters. The van der Waals surface area contributed by atoms with Crippen LogP contribution in [-0.4, -0.2) is 0 Å². The largest absolute Gasteiger partial charge is 0.456 e. The Morgan fingerprint density at radius 3 is 1.64 bits per heavy atom. The minimum absolute atomic E-state index is 0.186. The van der Waals surface area contributed by atoms with E-state index < -0.39 is 0 Å². The van der Waals surface area contributed by atoms with Crippen molar-refractivity contribution in [3.63, 3.8) is 0 Å². The first-order valence-electron chi connectivity index (χ1n) is 26.6. The van der Waals surface area contributed by atoms with Gasteiger partial charge in [-0.2, -0.15) is 0 Å². The lowest BCUT2D eigenvalue weighted by atomic mass is 9.79. The molecule has 0 saturated heterocycles. The van der Waals surface area contributed by atoms with Gasteiger partial charge in [0.15, 0.2) is 0 Å². The van der Waals surface area contributed by atoms with E-state index in [-0.39, 0.29) is 16.2 Å². The molecule has 12 aromatic rings. The molecule has 15 rings (SSSR count). The summed E-state index contributed by atoms with van der Waals surface area (Å²) in [6, 6.07) is 68.3. The van der Waals surface area contributed by atoms with Crippen LogP contribution in [-0.2, 0) is 16.2 Å². The zero-order chi connectivity index (χ0) is 51.0. The Morgan fingerprint density at radius 2 is 0.893 bits per heavy atom. The zero-order valence-electron chi connectivity index (χ0n) is 44.1. The van der Waals surface area contributed by atoms with Crippen molar-refractivity contribution in [3.8, 4) is 55.6 Å². The Balaban J connectivity index is 0.925. The summed E-state index contributed by atoms with van der Waals surface area (Å²) in [7, 11) is 0. The third-order valence-corrected chi connectivity index (χ3v) is 17.9. The number of furan rings is 2. The average Bonchev–Trinajstić information content (AvgIpc) is 4.19. The number of anilines is 3. The van der Waals surface area contributed by atoms with E-state index in [0.717, 1.165) is 50.3 Å². The second-order valence-electron chi connectivity index (χ2n) is 23.4. The van der Waals surface area contributed by atoms with Gasteiger partial charge in [0, 0.05) is 60.3 Å². The molecule has 10 aromatic carbocycles. The number of hydrogen-bond acceptors (Lipinski definition) is 3. The number of rotatable bonds is 5. The van der Waals surface area contributed by atoms with Crippen molar-refractivity contribution < 1.29 is 8.83 Å². The minimum Gasteiger partial charge on any atom is -0.456 e. The van der Waals surface area contributed by atoms with E-state index in [2.05, 4.69) is 249 Å². The third kappa shape index (κ3) is 5.98. The summed E-state index contributed by atoms with van der Waals surface area (Å²) in [4.78, 5) is 2.53. The molecule has 0 atom stereocenters. The molecule has 75 heavy (non-hydrogen) atoms. The van der Waals surface area contributed by atoms with Gasteiger partial charge < -0.3 is 13.7 Å². The van der Waals surface area contributed by atoms with E-state index in [1.165, 1.54) is 116 Å². The van der Waals surface area contributed by atoms with Crippen LogP contribution in [0.5, 0.6) is 0 Å². The monoisotopic (exact) mass is 967 g/mol. The molecule has 0 fully saturated rings. The quantitative estimate of drug-likeness (QED) is 0.172. The molecule has 0 aliphatic heterocycles. The van der Waals surface area contributed by atoms with Crippen molar-refractivity contribution in [2.24, 2.45) is 0 Å². The van der Waals surface area contributed by atoms with E-state index in [1.54, 1.807) is 0 Å². The van der Waals surface area contributed by atoms with E-state index in [4.69, 9.17) is 8.83 Å².